The van der Waals surface area contributed by atoms with Gasteiger partial charge < -0.3 is 10.1 Å². The summed E-state index contributed by atoms with van der Waals surface area (Å²) in [5.41, 5.74) is 1.54. The molecule has 0 spiro atoms. The molecule has 0 aliphatic carbocycles. The Morgan fingerprint density at radius 2 is 1.71 bits per heavy atom. The van der Waals surface area contributed by atoms with Crippen molar-refractivity contribution in [1.82, 2.24) is 9.71 Å². The molecule has 11 heteroatoms. The maximum absolute atomic E-state index is 13.0. The molecule has 4 rings (SSSR count). The van der Waals surface area contributed by atoms with E-state index in [0.717, 1.165) is 12.1 Å². The van der Waals surface area contributed by atoms with Crippen LogP contribution in [-0.4, -0.2) is 24.5 Å². The summed E-state index contributed by atoms with van der Waals surface area (Å²) in [5.74, 6) is -1.05. The maximum Gasteiger partial charge on any atom is 0.416 e. The zero-order valence-electron chi connectivity index (χ0n) is 17.9. The third-order valence-electron chi connectivity index (χ3n) is 5.40. The zero-order chi connectivity index (χ0) is 25.4. The summed E-state index contributed by atoms with van der Waals surface area (Å²) in [6, 6.07) is 15.5. The molecule has 0 fully saturated rings. The average molecular weight is 523 g/mol. The van der Waals surface area contributed by atoms with Crippen molar-refractivity contribution >= 4 is 38.5 Å². The Morgan fingerprint density at radius 1 is 1.03 bits per heavy atom. The van der Waals surface area contributed by atoms with Gasteiger partial charge in [-0.3, -0.25) is 4.79 Å². The van der Waals surface area contributed by atoms with Gasteiger partial charge in [-0.15, -0.1) is 0 Å². The lowest BCUT2D eigenvalue weighted by molar-refractivity contribution is -0.138. The summed E-state index contributed by atoms with van der Waals surface area (Å²) >= 11 is 6.18. The van der Waals surface area contributed by atoms with E-state index in [-0.39, 0.29) is 22.9 Å². The molecule has 0 saturated heterocycles. The highest BCUT2D eigenvalue weighted by atomic mass is 35.5. The predicted molar refractivity (Wildman–Crippen MR) is 126 cm³/mol. The number of para-hydroxylation sites is 1. The molecule has 1 heterocycles. The standard InChI is InChI=1S/C24H18ClF3N2O4S/c25-19-10-7-15(23-18(12-22(31)32)17-3-1-2-4-20(17)30-23)11-21(19)35(33,34)29-13-14-5-8-16(9-6-14)24(26,27)28/h1-11,29-30H,12-13H2,(H,31,32). The number of halogens is 4. The van der Waals surface area contributed by atoms with Gasteiger partial charge in [0.15, 0.2) is 0 Å². The van der Waals surface area contributed by atoms with Crippen molar-refractivity contribution in [3.63, 3.8) is 0 Å². The van der Waals surface area contributed by atoms with E-state index in [0.29, 0.717) is 33.3 Å². The first kappa shape index (κ1) is 24.8. The molecule has 182 valence electrons. The lowest BCUT2D eigenvalue weighted by Crippen LogP contribution is -2.23. The molecule has 1 aromatic heterocycles. The quantitative estimate of drug-likeness (QED) is 0.293. The average Bonchev–Trinajstić information content (AvgIpc) is 3.15. The number of aliphatic carboxylic acids is 1. The lowest BCUT2D eigenvalue weighted by Gasteiger charge is -2.12. The van der Waals surface area contributed by atoms with Crippen molar-refractivity contribution in [2.24, 2.45) is 0 Å². The van der Waals surface area contributed by atoms with E-state index in [4.69, 9.17) is 11.6 Å². The van der Waals surface area contributed by atoms with Crippen LogP contribution in [0.25, 0.3) is 22.2 Å². The predicted octanol–water partition coefficient (Wildman–Crippen LogP) is 5.61. The molecular weight excluding hydrogens is 505 g/mol. The number of nitrogens with one attached hydrogen (secondary N) is 2. The van der Waals surface area contributed by atoms with Gasteiger partial charge in [0.2, 0.25) is 10.0 Å². The number of carboxylic acids is 1. The Labute approximate surface area is 203 Å². The van der Waals surface area contributed by atoms with Crippen LogP contribution < -0.4 is 4.72 Å². The van der Waals surface area contributed by atoms with Crippen LogP contribution in [0.15, 0.2) is 71.6 Å². The minimum absolute atomic E-state index is 0.0652. The number of sulfonamides is 1. The molecule has 0 aliphatic heterocycles. The van der Waals surface area contributed by atoms with Gasteiger partial charge in [-0.2, -0.15) is 13.2 Å². The fraction of sp³-hybridized carbons (Fsp3) is 0.125. The smallest absolute Gasteiger partial charge is 0.416 e. The molecule has 35 heavy (non-hydrogen) atoms. The third kappa shape index (κ3) is 5.34. The number of fused-ring (bicyclic) bond motifs is 1. The number of aromatic amines is 1. The summed E-state index contributed by atoms with van der Waals surface area (Å²) in [4.78, 5) is 14.4. The largest absolute Gasteiger partial charge is 0.481 e. The summed E-state index contributed by atoms with van der Waals surface area (Å²) in [5, 5.41) is 10.0. The highest BCUT2D eigenvalue weighted by Crippen LogP contribution is 2.34. The number of aromatic nitrogens is 1. The second-order valence-electron chi connectivity index (χ2n) is 7.76. The van der Waals surface area contributed by atoms with Crippen molar-refractivity contribution in [3.8, 4) is 11.3 Å². The van der Waals surface area contributed by atoms with E-state index in [1.165, 1.54) is 24.3 Å². The SMILES string of the molecule is O=C(O)Cc1c(-c2ccc(Cl)c(S(=O)(=O)NCc3ccc(C(F)(F)F)cc3)c2)[nH]c2ccccc12. The van der Waals surface area contributed by atoms with E-state index in [9.17, 15) is 31.5 Å². The number of benzene rings is 3. The number of H-pyrrole nitrogens is 1. The minimum Gasteiger partial charge on any atom is -0.481 e. The van der Waals surface area contributed by atoms with Crippen LogP contribution in [0.2, 0.25) is 5.02 Å². The number of carboxylic acid groups (broad SMARTS) is 1. The summed E-state index contributed by atoms with van der Waals surface area (Å²) < 4.78 is 66.6. The molecular formula is C24H18ClF3N2O4S. The maximum atomic E-state index is 13.0. The van der Waals surface area contributed by atoms with Crippen LogP contribution in [0.4, 0.5) is 13.2 Å². The number of hydrogen-bond acceptors (Lipinski definition) is 3. The summed E-state index contributed by atoms with van der Waals surface area (Å²) in [6.07, 6.45) is -4.77. The van der Waals surface area contributed by atoms with Crippen LogP contribution in [0.1, 0.15) is 16.7 Å². The van der Waals surface area contributed by atoms with Gasteiger partial charge in [-0.05, 0) is 47.0 Å². The van der Waals surface area contributed by atoms with Crippen LogP contribution in [0, 0.1) is 0 Å². The fourth-order valence-corrected chi connectivity index (χ4v) is 5.26. The molecule has 0 bridgehead atoms. The summed E-state index contributed by atoms with van der Waals surface area (Å²) in [6.45, 7) is -0.252. The molecule has 3 aromatic carbocycles. The molecule has 4 aromatic rings. The van der Waals surface area contributed by atoms with Crippen LogP contribution >= 0.6 is 11.6 Å². The van der Waals surface area contributed by atoms with Crippen LogP contribution in [0.5, 0.6) is 0 Å². The van der Waals surface area contributed by atoms with Gasteiger partial charge >= 0.3 is 12.1 Å². The number of carbonyl (C=O) groups is 1. The van der Waals surface area contributed by atoms with Crippen molar-refractivity contribution in [2.75, 3.05) is 0 Å². The highest BCUT2D eigenvalue weighted by molar-refractivity contribution is 7.89. The second kappa shape index (κ2) is 9.37. The van der Waals surface area contributed by atoms with E-state index in [1.807, 2.05) is 0 Å². The monoisotopic (exact) mass is 522 g/mol. The van der Waals surface area contributed by atoms with E-state index < -0.39 is 27.7 Å². The normalized spacial score (nSPS) is 12.2. The molecule has 0 amide bonds. The van der Waals surface area contributed by atoms with Crippen molar-refractivity contribution < 1.29 is 31.5 Å². The molecule has 0 aliphatic rings. The minimum atomic E-state index is -4.49. The first-order chi connectivity index (χ1) is 16.5. The Hall–Kier alpha value is -3.34. The van der Waals surface area contributed by atoms with Crippen LogP contribution in [-0.2, 0) is 34.0 Å². The third-order valence-corrected chi connectivity index (χ3v) is 7.28. The van der Waals surface area contributed by atoms with E-state index in [2.05, 4.69) is 9.71 Å². The van der Waals surface area contributed by atoms with Gasteiger partial charge in [0.1, 0.15) is 4.90 Å². The Kier molecular flexibility index (Phi) is 6.63. The number of hydrogen-bond donors (Lipinski definition) is 3. The van der Waals surface area contributed by atoms with Gasteiger partial charge in [0, 0.05) is 17.4 Å². The topological polar surface area (TPSA) is 99.3 Å². The Morgan fingerprint density at radius 3 is 2.37 bits per heavy atom. The van der Waals surface area contributed by atoms with Gasteiger partial charge in [-0.1, -0.05) is 48.0 Å². The van der Waals surface area contributed by atoms with Crippen molar-refractivity contribution in [2.45, 2.75) is 24.0 Å². The molecule has 0 unspecified atom stereocenters. The highest BCUT2D eigenvalue weighted by Gasteiger charge is 2.30. The van der Waals surface area contributed by atoms with Crippen molar-refractivity contribution in [1.29, 1.82) is 0 Å². The Balaban J connectivity index is 1.66. The summed E-state index contributed by atoms with van der Waals surface area (Å²) in [7, 11) is -4.16. The first-order valence-electron chi connectivity index (χ1n) is 10.2. The Bertz CT molecular complexity index is 1510. The first-order valence-corrected chi connectivity index (χ1v) is 12.1. The molecule has 0 saturated carbocycles. The number of alkyl halides is 3. The van der Waals surface area contributed by atoms with Gasteiger partial charge in [-0.25, -0.2) is 13.1 Å². The lowest BCUT2D eigenvalue weighted by atomic mass is 10.0. The second-order valence-corrected chi connectivity index (χ2v) is 9.90. The van der Waals surface area contributed by atoms with Crippen molar-refractivity contribution in [3.05, 3.63) is 88.4 Å². The fourth-order valence-electron chi connectivity index (χ4n) is 3.71. The van der Waals surface area contributed by atoms with Crippen LogP contribution in [0.3, 0.4) is 0 Å². The van der Waals surface area contributed by atoms with E-state index >= 15 is 0 Å². The molecule has 3 N–H and O–H groups in total. The van der Waals surface area contributed by atoms with Gasteiger partial charge in [0.05, 0.1) is 22.7 Å². The van der Waals surface area contributed by atoms with E-state index in [1.54, 1.807) is 30.3 Å². The molecule has 6 nitrogen and oxygen atoms in total. The number of rotatable bonds is 7. The molecule has 0 radical (unpaired) electrons. The van der Waals surface area contributed by atoms with Gasteiger partial charge in [0.25, 0.3) is 0 Å². The zero-order valence-corrected chi connectivity index (χ0v) is 19.4. The molecule has 0 atom stereocenters.